The summed E-state index contributed by atoms with van der Waals surface area (Å²) in [6, 6.07) is 43.6. The maximum absolute atomic E-state index is 13.8. The average Bonchev–Trinajstić information content (AvgIpc) is 4.15. The second kappa shape index (κ2) is 24.1. The fourth-order valence-corrected chi connectivity index (χ4v) is 8.23. The number of para-hydroxylation sites is 4. The number of hydrogen-bond acceptors (Lipinski definition) is 10. The third-order valence-electron chi connectivity index (χ3n) is 11.7. The number of halogens is 3. The molecule has 0 spiro atoms. The molecule has 0 unspecified atom stereocenters. The number of carbonyl (C=O) groups excluding carboxylic acids is 4. The van der Waals surface area contributed by atoms with Crippen LogP contribution in [0.3, 0.4) is 0 Å². The van der Waals surface area contributed by atoms with Crippen molar-refractivity contribution in [2.45, 2.75) is 70.6 Å². The van der Waals surface area contributed by atoms with Crippen LogP contribution in [-0.4, -0.2) is 76.7 Å². The number of imide groups is 2. The van der Waals surface area contributed by atoms with E-state index in [9.17, 15) is 28.0 Å². The van der Waals surface area contributed by atoms with E-state index in [0.717, 1.165) is 32.0 Å². The predicted molar refractivity (Wildman–Crippen MR) is 274 cm³/mol. The summed E-state index contributed by atoms with van der Waals surface area (Å²) in [6.45, 7) is 8.70. The van der Waals surface area contributed by atoms with Crippen molar-refractivity contribution in [3.63, 3.8) is 0 Å². The summed E-state index contributed by atoms with van der Waals surface area (Å²) in [5, 5.41) is 15.2. The van der Waals surface area contributed by atoms with Gasteiger partial charge in [-0.2, -0.15) is 0 Å². The molecular weight excluding hydrogens is 989 g/mol. The van der Waals surface area contributed by atoms with Crippen molar-refractivity contribution in [1.82, 2.24) is 29.7 Å². The van der Waals surface area contributed by atoms with Crippen LogP contribution >= 0.6 is 15.9 Å². The molecule has 18 heteroatoms. The maximum atomic E-state index is 13.8. The van der Waals surface area contributed by atoms with E-state index in [4.69, 9.17) is 19.5 Å². The fourth-order valence-electron chi connectivity index (χ4n) is 8.23. The molecule has 2 fully saturated rings. The van der Waals surface area contributed by atoms with E-state index in [-0.39, 0.29) is 24.5 Å². The molecule has 14 nitrogen and oxygen atoms in total. The molecule has 4 heterocycles. The Bertz CT molecular complexity index is 2820. The number of aromatic nitrogens is 4. The normalized spacial score (nSPS) is 17.8. The number of nitrogens with one attached hydrogen (secondary N) is 2. The van der Waals surface area contributed by atoms with Gasteiger partial charge >= 0.3 is 19.3 Å². The lowest BCUT2D eigenvalue weighted by molar-refractivity contribution is -0.140. The Labute approximate surface area is 424 Å². The first-order chi connectivity index (χ1) is 34.7. The van der Waals surface area contributed by atoms with Crippen LogP contribution < -0.4 is 0 Å². The Hall–Kier alpha value is -7.54. The monoisotopic (exact) mass is 1040 g/mol. The van der Waals surface area contributed by atoms with Gasteiger partial charge in [-0.25, -0.2) is 38.1 Å². The average molecular weight is 1040 g/mol. The summed E-state index contributed by atoms with van der Waals surface area (Å²) in [5.74, 6) is 0.551. The lowest BCUT2D eigenvalue weighted by Gasteiger charge is -2.25. The minimum absolute atomic E-state index is 0.130. The summed E-state index contributed by atoms with van der Waals surface area (Å²) >= 11 is 2.94. The number of imidazole rings is 2. The molecule has 0 aliphatic carbocycles. The number of nitrogens with zero attached hydrogens (tertiary/aromatic N) is 4. The van der Waals surface area contributed by atoms with Gasteiger partial charge in [0.05, 0.1) is 34.2 Å². The molecule has 2 aliphatic rings. The van der Waals surface area contributed by atoms with E-state index in [1.807, 2.05) is 129 Å². The van der Waals surface area contributed by atoms with Crippen LogP contribution in [0.25, 0.3) is 22.1 Å². The number of benzene rings is 6. The Balaban J connectivity index is 0.000000206. The summed E-state index contributed by atoms with van der Waals surface area (Å²) in [6.07, 6.45) is -1.26. The molecule has 10 rings (SSSR count). The number of rotatable bonds is 10. The number of ether oxygens (including phenoxy) is 2. The smallest absolute Gasteiger partial charge is 0.427 e. The molecule has 2 aliphatic heterocycles. The van der Waals surface area contributed by atoms with E-state index in [1.54, 1.807) is 38.1 Å². The molecule has 4 atom stereocenters. The largest absolute Gasteiger partial charge is 0.448 e. The Kier molecular flexibility index (Phi) is 18.0. The topological polar surface area (TPSA) is 191 Å². The highest BCUT2D eigenvalue weighted by Gasteiger charge is 2.60. The highest BCUT2D eigenvalue weighted by molar-refractivity contribution is 9.08. The zero-order valence-corrected chi connectivity index (χ0v) is 42.0. The lowest BCUT2D eigenvalue weighted by atomic mass is 9.92. The molecule has 72 heavy (non-hydrogen) atoms. The SMILES string of the molecule is CB(O)O.CBr.CC.C[C@H](c1ccc(F)cc1)N1C(=O)O[C@](Cc2ccccc2)(c2nc3ccccc3[nH]2)C1=O.C[C@H](c1ccc(F)cc1)N1C(=O)O[C@](Cc2ccccc2)(c2nc3ccccc3[nH]2)C1=O. The van der Waals surface area contributed by atoms with E-state index >= 15 is 0 Å². The van der Waals surface area contributed by atoms with Gasteiger partial charge in [-0.05, 0) is 97.3 Å². The molecule has 0 radical (unpaired) electrons. The quantitative estimate of drug-likeness (QED) is 0.0757. The van der Waals surface area contributed by atoms with Crippen LogP contribution in [0.15, 0.2) is 158 Å². The van der Waals surface area contributed by atoms with Gasteiger partial charge in [-0.1, -0.05) is 139 Å². The number of carbonyl (C=O) groups is 4. The summed E-state index contributed by atoms with van der Waals surface area (Å²) in [5.41, 5.74) is 2.45. The molecule has 4 N–H and O–H groups in total. The number of alkyl halides is 1. The van der Waals surface area contributed by atoms with Gasteiger partial charge in [0, 0.05) is 12.8 Å². The first-order valence-corrected chi connectivity index (χ1v) is 24.6. The minimum atomic E-state index is -1.63. The number of amides is 4. The van der Waals surface area contributed by atoms with Gasteiger partial charge in [0.2, 0.25) is 0 Å². The third-order valence-corrected chi connectivity index (χ3v) is 11.7. The Morgan fingerprint density at radius 2 is 0.861 bits per heavy atom. The molecular formula is C54H54BBrF2N6O8. The van der Waals surface area contributed by atoms with Crippen LogP contribution in [0.5, 0.6) is 0 Å². The van der Waals surface area contributed by atoms with Gasteiger partial charge < -0.3 is 29.5 Å². The van der Waals surface area contributed by atoms with Crippen molar-refractivity contribution in [2.24, 2.45) is 0 Å². The summed E-state index contributed by atoms with van der Waals surface area (Å²) in [4.78, 5) is 71.5. The molecule has 2 aromatic heterocycles. The van der Waals surface area contributed by atoms with Crippen LogP contribution in [0.2, 0.25) is 6.82 Å². The zero-order chi connectivity index (χ0) is 52.2. The minimum Gasteiger partial charge on any atom is -0.427 e. The van der Waals surface area contributed by atoms with Crippen molar-refractivity contribution in [1.29, 1.82) is 0 Å². The first-order valence-electron chi connectivity index (χ1n) is 23.1. The zero-order valence-electron chi connectivity index (χ0n) is 40.4. The molecule has 2 saturated heterocycles. The second-order valence-corrected chi connectivity index (χ2v) is 16.4. The van der Waals surface area contributed by atoms with Gasteiger partial charge in [0.25, 0.3) is 23.0 Å². The second-order valence-electron chi connectivity index (χ2n) is 16.4. The number of fused-ring (bicyclic) bond motifs is 2. The van der Waals surface area contributed by atoms with Crippen LogP contribution in [0.1, 0.15) is 73.7 Å². The van der Waals surface area contributed by atoms with E-state index in [2.05, 4.69) is 35.9 Å². The maximum Gasteiger partial charge on any atom is 0.448 e. The Morgan fingerprint density at radius 1 is 0.556 bits per heavy atom. The third kappa shape index (κ3) is 11.6. The number of aromatic amines is 2. The lowest BCUT2D eigenvalue weighted by Crippen LogP contribution is -2.42. The molecule has 4 amide bonds. The van der Waals surface area contributed by atoms with Gasteiger partial charge in [0.15, 0.2) is 11.6 Å². The summed E-state index contributed by atoms with van der Waals surface area (Å²) in [7, 11) is -1.17. The van der Waals surface area contributed by atoms with Crippen molar-refractivity contribution in [2.75, 3.05) is 5.83 Å². The molecule has 6 aromatic carbocycles. The van der Waals surface area contributed by atoms with Crippen LogP contribution in [-0.2, 0) is 43.1 Å². The molecule has 0 bridgehead atoms. The summed E-state index contributed by atoms with van der Waals surface area (Å²) < 4.78 is 38.4. The van der Waals surface area contributed by atoms with Gasteiger partial charge in [0.1, 0.15) is 11.6 Å². The number of cyclic esters (lactones) is 2. The number of H-pyrrole nitrogens is 2. The van der Waals surface area contributed by atoms with E-state index in [1.165, 1.54) is 31.1 Å². The standard InChI is InChI=1S/2C25H20FN3O3.C2H6.CH5BO2.CH3Br/c2*1-16(18-11-13-19(26)14-12-18)29-23(30)25(32-24(29)31,15-17-7-3-2-4-8-17)22-27-20-9-5-6-10-21(20)28-22;1-2;1-2(3)4;1-2/h2*2-14,16H,15H2,1H3,(H,27,28);1-2H3;3-4H,1H3;1H3/t2*16-,25-;;;/m11.../s1. The Morgan fingerprint density at radius 3 is 1.18 bits per heavy atom. The van der Waals surface area contributed by atoms with Crippen LogP contribution in [0, 0.1) is 11.6 Å². The van der Waals surface area contributed by atoms with Gasteiger partial charge in [-0.15, -0.1) is 0 Å². The fraction of sp³-hybridized carbons (Fsp3) is 0.222. The van der Waals surface area contributed by atoms with Crippen molar-refractivity contribution in [3.05, 3.63) is 203 Å². The van der Waals surface area contributed by atoms with Crippen LogP contribution in [0.4, 0.5) is 18.4 Å². The highest BCUT2D eigenvalue weighted by Crippen LogP contribution is 2.42. The molecule has 0 saturated carbocycles. The van der Waals surface area contributed by atoms with E-state index < -0.39 is 66.0 Å². The predicted octanol–water partition coefficient (Wildman–Crippen LogP) is 10.9. The molecule has 8 aromatic rings. The first kappa shape index (κ1) is 53.8. The van der Waals surface area contributed by atoms with Crippen molar-refractivity contribution in [3.8, 4) is 0 Å². The van der Waals surface area contributed by atoms with Gasteiger partial charge in [-0.3, -0.25) is 9.59 Å². The molecule has 372 valence electrons. The highest BCUT2D eigenvalue weighted by atomic mass is 79.9. The van der Waals surface area contributed by atoms with Crippen molar-refractivity contribution >= 4 is 69.1 Å². The number of hydrogen-bond donors (Lipinski definition) is 4. The van der Waals surface area contributed by atoms with E-state index in [0.29, 0.717) is 22.2 Å². The van der Waals surface area contributed by atoms with Crippen molar-refractivity contribution < 1.29 is 47.5 Å².